The zero-order valence-electron chi connectivity index (χ0n) is 15.3. The van der Waals surface area contributed by atoms with E-state index in [9.17, 15) is 4.79 Å². The maximum absolute atomic E-state index is 12.8. The number of methoxy groups -OCH3 is 1. The molecular weight excluding hydrogens is 380 g/mol. The minimum absolute atomic E-state index is 0.116. The fraction of sp³-hybridized carbons (Fsp3) is 0.286. The van der Waals surface area contributed by atoms with E-state index in [-0.39, 0.29) is 5.91 Å². The van der Waals surface area contributed by atoms with Crippen LogP contribution < -0.4 is 0 Å². The molecule has 0 aliphatic rings. The second kappa shape index (κ2) is 9.74. The van der Waals surface area contributed by atoms with Crippen LogP contribution in [0.2, 0.25) is 5.02 Å². The predicted octanol–water partition coefficient (Wildman–Crippen LogP) is 4.47. The lowest BCUT2D eigenvalue weighted by Gasteiger charge is -2.23. The molecule has 2 aromatic heterocycles. The molecule has 0 bridgehead atoms. The van der Waals surface area contributed by atoms with Crippen LogP contribution in [0.5, 0.6) is 0 Å². The van der Waals surface area contributed by atoms with Crippen molar-refractivity contribution >= 4 is 28.8 Å². The summed E-state index contributed by atoms with van der Waals surface area (Å²) in [5, 5.41) is 2.73. The summed E-state index contributed by atoms with van der Waals surface area (Å²) in [7, 11) is 1.66. The van der Waals surface area contributed by atoms with Crippen LogP contribution in [0.15, 0.2) is 60.1 Å². The maximum Gasteiger partial charge on any atom is 0.228 e. The van der Waals surface area contributed by atoms with Crippen LogP contribution >= 0.6 is 22.9 Å². The molecule has 0 atom stereocenters. The molecule has 0 saturated carbocycles. The molecule has 0 fully saturated rings. The molecule has 3 rings (SSSR count). The maximum atomic E-state index is 12.8. The van der Waals surface area contributed by atoms with Gasteiger partial charge in [-0.2, -0.15) is 0 Å². The van der Waals surface area contributed by atoms with Gasteiger partial charge in [-0.05, 0) is 41.3 Å². The van der Waals surface area contributed by atoms with Gasteiger partial charge < -0.3 is 14.2 Å². The van der Waals surface area contributed by atoms with Gasteiger partial charge in [-0.25, -0.2) is 0 Å². The van der Waals surface area contributed by atoms with Gasteiger partial charge in [0.25, 0.3) is 0 Å². The lowest BCUT2D eigenvalue weighted by atomic mass is 10.2. The van der Waals surface area contributed by atoms with E-state index >= 15 is 0 Å². The third kappa shape index (κ3) is 5.70. The van der Waals surface area contributed by atoms with Crippen molar-refractivity contribution in [1.82, 2.24) is 9.47 Å². The van der Waals surface area contributed by atoms with Gasteiger partial charge in [-0.15, -0.1) is 11.3 Å². The Morgan fingerprint density at radius 2 is 2.11 bits per heavy atom. The molecule has 0 radical (unpaired) electrons. The summed E-state index contributed by atoms with van der Waals surface area (Å²) in [4.78, 5) is 15.8. The van der Waals surface area contributed by atoms with Gasteiger partial charge in [0.1, 0.15) is 0 Å². The third-order valence-corrected chi connectivity index (χ3v) is 5.45. The molecule has 0 unspecified atom stereocenters. The largest absolute Gasteiger partial charge is 0.383 e. The van der Waals surface area contributed by atoms with Crippen molar-refractivity contribution in [2.75, 3.05) is 20.3 Å². The SMILES string of the molecule is COCCN(Cc1cccn1Cc1cccc(Cl)c1)C(=O)Cc1cccs1. The summed E-state index contributed by atoms with van der Waals surface area (Å²) in [6.45, 7) is 2.37. The van der Waals surface area contributed by atoms with Gasteiger partial charge >= 0.3 is 0 Å². The normalized spacial score (nSPS) is 10.9. The lowest BCUT2D eigenvalue weighted by molar-refractivity contribution is -0.131. The molecule has 2 heterocycles. The molecule has 0 spiro atoms. The lowest BCUT2D eigenvalue weighted by Crippen LogP contribution is -2.35. The number of aromatic nitrogens is 1. The number of carbonyl (C=O) groups excluding carboxylic acids is 1. The van der Waals surface area contributed by atoms with E-state index in [1.54, 1.807) is 18.4 Å². The monoisotopic (exact) mass is 402 g/mol. The molecule has 0 aliphatic heterocycles. The molecule has 0 saturated heterocycles. The highest BCUT2D eigenvalue weighted by Gasteiger charge is 2.16. The van der Waals surface area contributed by atoms with Crippen LogP contribution in [-0.2, 0) is 29.0 Å². The topological polar surface area (TPSA) is 34.5 Å². The summed E-state index contributed by atoms with van der Waals surface area (Å²) in [5.74, 6) is 0.116. The van der Waals surface area contributed by atoms with E-state index in [2.05, 4.69) is 16.7 Å². The fourth-order valence-corrected chi connectivity index (χ4v) is 3.85. The summed E-state index contributed by atoms with van der Waals surface area (Å²) in [6.07, 6.45) is 2.46. The van der Waals surface area contributed by atoms with E-state index < -0.39 is 0 Å². The average molecular weight is 403 g/mol. The van der Waals surface area contributed by atoms with Crippen molar-refractivity contribution in [3.8, 4) is 0 Å². The first kappa shape index (κ1) is 19.7. The Kier molecular flexibility index (Phi) is 7.10. The van der Waals surface area contributed by atoms with Crippen LogP contribution in [0.25, 0.3) is 0 Å². The second-order valence-electron chi connectivity index (χ2n) is 6.32. The van der Waals surface area contributed by atoms with Crippen LogP contribution in [0.1, 0.15) is 16.1 Å². The molecule has 4 nitrogen and oxygen atoms in total. The first-order valence-electron chi connectivity index (χ1n) is 8.83. The molecule has 1 amide bonds. The number of hydrogen-bond acceptors (Lipinski definition) is 3. The van der Waals surface area contributed by atoms with Crippen molar-refractivity contribution in [2.45, 2.75) is 19.5 Å². The molecule has 3 aromatic rings. The molecule has 0 N–H and O–H groups in total. The smallest absolute Gasteiger partial charge is 0.228 e. The van der Waals surface area contributed by atoms with Crippen molar-refractivity contribution in [1.29, 1.82) is 0 Å². The number of thiophene rings is 1. The van der Waals surface area contributed by atoms with Crippen molar-refractivity contribution < 1.29 is 9.53 Å². The van der Waals surface area contributed by atoms with Gasteiger partial charge in [0.05, 0.1) is 19.6 Å². The number of rotatable bonds is 9. The standard InChI is InChI=1S/C21H23ClN2O2S/c1-26-11-10-24(21(25)14-20-8-4-12-27-20)16-19-7-3-9-23(19)15-17-5-2-6-18(22)13-17/h2-9,12-13H,10-11,14-16H2,1H3. The number of carbonyl (C=O) groups is 1. The molecule has 27 heavy (non-hydrogen) atoms. The summed E-state index contributed by atoms with van der Waals surface area (Å²) >= 11 is 7.71. The van der Waals surface area contributed by atoms with Crippen LogP contribution in [0, 0.1) is 0 Å². The number of amides is 1. The van der Waals surface area contributed by atoms with Crippen molar-refractivity contribution in [3.05, 3.63) is 81.3 Å². The number of nitrogens with zero attached hydrogens (tertiary/aromatic N) is 2. The Bertz CT molecular complexity index is 861. The van der Waals surface area contributed by atoms with E-state index in [0.717, 1.165) is 27.7 Å². The fourth-order valence-electron chi connectivity index (χ4n) is 2.94. The minimum Gasteiger partial charge on any atom is -0.383 e. The van der Waals surface area contributed by atoms with E-state index in [1.807, 2.05) is 52.9 Å². The highest BCUT2D eigenvalue weighted by Crippen LogP contribution is 2.16. The van der Waals surface area contributed by atoms with Crippen LogP contribution in [0.3, 0.4) is 0 Å². The Labute approximate surface area is 168 Å². The first-order chi connectivity index (χ1) is 13.2. The molecular formula is C21H23ClN2O2S. The zero-order chi connectivity index (χ0) is 19.1. The van der Waals surface area contributed by atoms with Gasteiger partial charge in [-0.3, -0.25) is 4.79 Å². The Morgan fingerprint density at radius 1 is 1.22 bits per heavy atom. The molecule has 142 valence electrons. The average Bonchev–Trinajstić information content (AvgIpc) is 3.31. The van der Waals surface area contributed by atoms with E-state index in [4.69, 9.17) is 16.3 Å². The second-order valence-corrected chi connectivity index (χ2v) is 7.79. The molecule has 6 heteroatoms. The van der Waals surface area contributed by atoms with Gasteiger partial charge in [0, 0.05) is 42.0 Å². The quantitative estimate of drug-likeness (QED) is 0.529. The number of halogens is 1. The summed E-state index contributed by atoms with van der Waals surface area (Å²) in [6, 6.07) is 15.9. The van der Waals surface area contributed by atoms with Crippen LogP contribution in [0.4, 0.5) is 0 Å². The minimum atomic E-state index is 0.116. The van der Waals surface area contributed by atoms with E-state index in [1.165, 1.54) is 0 Å². The van der Waals surface area contributed by atoms with E-state index in [0.29, 0.717) is 26.1 Å². The van der Waals surface area contributed by atoms with Gasteiger partial charge in [0.15, 0.2) is 0 Å². The number of hydrogen-bond donors (Lipinski definition) is 0. The predicted molar refractivity (Wildman–Crippen MR) is 110 cm³/mol. The van der Waals surface area contributed by atoms with Crippen molar-refractivity contribution in [3.63, 3.8) is 0 Å². The van der Waals surface area contributed by atoms with Crippen LogP contribution in [-0.4, -0.2) is 35.6 Å². The van der Waals surface area contributed by atoms with Crippen molar-refractivity contribution in [2.24, 2.45) is 0 Å². The number of ether oxygens (including phenoxy) is 1. The number of benzene rings is 1. The Balaban J connectivity index is 1.71. The summed E-state index contributed by atoms with van der Waals surface area (Å²) in [5.41, 5.74) is 2.22. The van der Waals surface area contributed by atoms with Gasteiger partial charge in [-0.1, -0.05) is 29.8 Å². The zero-order valence-corrected chi connectivity index (χ0v) is 16.9. The summed E-state index contributed by atoms with van der Waals surface area (Å²) < 4.78 is 7.36. The molecule has 1 aromatic carbocycles. The Hall–Kier alpha value is -2.08. The highest BCUT2D eigenvalue weighted by atomic mass is 35.5. The highest BCUT2D eigenvalue weighted by molar-refractivity contribution is 7.10. The third-order valence-electron chi connectivity index (χ3n) is 4.34. The van der Waals surface area contributed by atoms with Gasteiger partial charge in [0.2, 0.25) is 5.91 Å². The molecule has 0 aliphatic carbocycles. The Morgan fingerprint density at radius 3 is 2.85 bits per heavy atom. The first-order valence-corrected chi connectivity index (χ1v) is 10.1.